The van der Waals surface area contributed by atoms with Crippen LogP contribution in [0, 0.1) is 5.92 Å². The van der Waals surface area contributed by atoms with E-state index in [4.69, 9.17) is 4.74 Å². The molecule has 0 spiro atoms. The molecular formula is C17H29Cl2N3O2. The van der Waals surface area contributed by atoms with Crippen molar-refractivity contribution >= 4 is 36.4 Å². The molecule has 24 heavy (non-hydrogen) atoms. The van der Waals surface area contributed by atoms with Crippen LogP contribution in [0.2, 0.25) is 0 Å². The standard InChI is InChI=1S/C17H27N3O2.2ClH/c1-3-18-12-14-8-10-20(11-9-14)17(21)13-19-15-6-4-5-7-16(15)22-2;;/h4-7,14,18-19H,3,8-13H2,1-2H3;2*1H. The van der Waals surface area contributed by atoms with Gasteiger partial charge in [-0.05, 0) is 44.0 Å². The van der Waals surface area contributed by atoms with E-state index in [0.29, 0.717) is 12.5 Å². The number of nitrogens with zero attached hydrogens (tertiary/aromatic N) is 1. The van der Waals surface area contributed by atoms with Crippen LogP contribution in [0.4, 0.5) is 5.69 Å². The normalized spacial score (nSPS) is 14.3. The highest BCUT2D eigenvalue weighted by atomic mass is 35.5. The van der Waals surface area contributed by atoms with E-state index in [1.165, 1.54) is 0 Å². The van der Waals surface area contributed by atoms with E-state index in [-0.39, 0.29) is 30.7 Å². The molecule has 1 fully saturated rings. The van der Waals surface area contributed by atoms with Crippen molar-refractivity contribution in [2.75, 3.05) is 45.2 Å². The number of piperidine rings is 1. The third-order valence-electron chi connectivity index (χ3n) is 4.19. The quantitative estimate of drug-likeness (QED) is 0.766. The third kappa shape index (κ3) is 6.75. The molecule has 1 aromatic carbocycles. The fourth-order valence-corrected chi connectivity index (χ4v) is 2.81. The minimum Gasteiger partial charge on any atom is -0.495 e. The van der Waals surface area contributed by atoms with E-state index < -0.39 is 0 Å². The summed E-state index contributed by atoms with van der Waals surface area (Å²) in [5.74, 6) is 1.62. The first-order valence-electron chi connectivity index (χ1n) is 8.10. The lowest BCUT2D eigenvalue weighted by Crippen LogP contribution is -2.43. The maximum Gasteiger partial charge on any atom is 0.241 e. The van der Waals surface area contributed by atoms with Crippen LogP contribution in [0.5, 0.6) is 5.75 Å². The van der Waals surface area contributed by atoms with Gasteiger partial charge in [-0.2, -0.15) is 0 Å². The van der Waals surface area contributed by atoms with Gasteiger partial charge in [0.1, 0.15) is 5.75 Å². The lowest BCUT2D eigenvalue weighted by atomic mass is 9.97. The summed E-state index contributed by atoms with van der Waals surface area (Å²) in [5.41, 5.74) is 0.861. The molecule has 1 aromatic rings. The number of hydrogen-bond acceptors (Lipinski definition) is 4. The second-order valence-electron chi connectivity index (χ2n) is 5.69. The van der Waals surface area contributed by atoms with E-state index in [1.54, 1.807) is 7.11 Å². The monoisotopic (exact) mass is 377 g/mol. The first-order valence-corrected chi connectivity index (χ1v) is 8.10. The maximum absolute atomic E-state index is 12.3. The zero-order chi connectivity index (χ0) is 15.8. The lowest BCUT2D eigenvalue weighted by Gasteiger charge is -2.32. The summed E-state index contributed by atoms with van der Waals surface area (Å²) >= 11 is 0. The van der Waals surface area contributed by atoms with Gasteiger partial charge in [0.15, 0.2) is 0 Å². The van der Waals surface area contributed by atoms with Crippen LogP contribution in [-0.2, 0) is 4.79 Å². The van der Waals surface area contributed by atoms with E-state index in [0.717, 1.165) is 50.5 Å². The van der Waals surface area contributed by atoms with Crippen LogP contribution in [-0.4, -0.2) is 50.6 Å². The summed E-state index contributed by atoms with van der Waals surface area (Å²) in [7, 11) is 1.64. The first kappa shape index (κ1) is 22.8. The molecule has 138 valence electrons. The number of rotatable bonds is 7. The summed E-state index contributed by atoms with van der Waals surface area (Å²) in [6.07, 6.45) is 2.18. The number of methoxy groups -OCH3 is 1. The number of amides is 1. The fraction of sp³-hybridized carbons (Fsp3) is 0.588. The highest BCUT2D eigenvalue weighted by Crippen LogP contribution is 2.23. The molecule has 0 aromatic heterocycles. The summed E-state index contributed by atoms with van der Waals surface area (Å²) in [6, 6.07) is 7.66. The molecular weight excluding hydrogens is 349 g/mol. The number of para-hydroxylation sites is 2. The maximum atomic E-state index is 12.3. The summed E-state index contributed by atoms with van der Waals surface area (Å²) < 4.78 is 5.28. The average Bonchev–Trinajstić information content (AvgIpc) is 2.58. The van der Waals surface area contributed by atoms with Crippen molar-refractivity contribution in [1.29, 1.82) is 0 Å². The molecule has 2 rings (SSSR count). The van der Waals surface area contributed by atoms with E-state index in [1.807, 2.05) is 29.2 Å². The fourth-order valence-electron chi connectivity index (χ4n) is 2.81. The van der Waals surface area contributed by atoms with Gasteiger partial charge in [0.2, 0.25) is 5.91 Å². The van der Waals surface area contributed by atoms with Crippen LogP contribution in [0.1, 0.15) is 19.8 Å². The Morgan fingerprint density at radius 2 is 1.92 bits per heavy atom. The van der Waals surface area contributed by atoms with Crippen LogP contribution in [0.3, 0.4) is 0 Å². The van der Waals surface area contributed by atoms with Crippen molar-refractivity contribution in [2.45, 2.75) is 19.8 Å². The Morgan fingerprint density at radius 1 is 1.25 bits per heavy atom. The van der Waals surface area contributed by atoms with E-state index in [2.05, 4.69) is 17.6 Å². The average molecular weight is 378 g/mol. The Labute approximate surface area is 157 Å². The molecule has 0 bridgehead atoms. The molecule has 0 radical (unpaired) electrons. The number of carbonyl (C=O) groups excluding carboxylic acids is 1. The Balaban J connectivity index is 0.00000264. The number of likely N-dealkylation sites (tertiary alicyclic amines) is 1. The topological polar surface area (TPSA) is 53.6 Å². The molecule has 0 aliphatic carbocycles. The molecule has 1 aliphatic heterocycles. The van der Waals surface area contributed by atoms with Crippen molar-refractivity contribution in [3.05, 3.63) is 24.3 Å². The second-order valence-corrected chi connectivity index (χ2v) is 5.69. The van der Waals surface area contributed by atoms with Crippen LogP contribution in [0.25, 0.3) is 0 Å². The number of anilines is 1. The summed E-state index contributed by atoms with van der Waals surface area (Å²) in [4.78, 5) is 14.3. The second kappa shape index (κ2) is 12.2. The number of halogens is 2. The first-order chi connectivity index (χ1) is 10.7. The Bertz CT molecular complexity index is 481. The SMILES string of the molecule is CCNCC1CCN(C(=O)CNc2ccccc2OC)CC1.Cl.Cl. The van der Waals surface area contributed by atoms with Crippen molar-refractivity contribution in [2.24, 2.45) is 5.92 Å². The predicted octanol–water partition coefficient (Wildman–Crippen LogP) is 2.80. The van der Waals surface area contributed by atoms with Gasteiger partial charge >= 0.3 is 0 Å². The van der Waals surface area contributed by atoms with Crippen molar-refractivity contribution in [3.63, 3.8) is 0 Å². The molecule has 0 unspecified atom stereocenters. The minimum atomic E-state index is 0. The highest BCUT2D eigenvalue weighted by Gasteiger charge is 2.22. The van der Waals surface area contributed by atoms with Gasteiger partial charge in [0.05, 0.1) is 19.3 Å². The molecule has 7 heteroatoms. The van der Waals surface area contributed by atoms with Crippen LogP contribution >= 0.6 is 24.8 Å². The molecule has 5 nitrogen and oxygen atoms in total. The Morgan fingerprint density at radius 3 is 2.54 bits per heavy atom. The molecule has 0 saturated carbocycles. The summed E-state index contributed by atoms with van der Waals surface area (Å²) in [5, 5.41) is 6.57. The van der Waals surface area contributed by atoms with Gasteiger partial charge in [0, 0.05) is 13.1 Å². The zero-order valence-electron chi connectivity index (χ0n) is 14.4. The molecule has 1 aliphatic rings. The van der Waals surface area contributed by atoms with Gasteiger partial charge in [-0.3, -0.25) is 4.79 Å². The Hall–Kier alpha value is -1.17. The van der Waals surface area contributed by atoms with Crippen molar-refractivity contribution < 1.29 is 9.53 Å². The highest BCUT2D eigenvalue weighted by molar-refractivity contribution is 5.85. The zero-order valence-corrected chi connectivity index (χ0v) is 16.0. The van der Waals surface area contributed by atoms with Gasteiger partial charge in [-0.1, -0.05) is 19.1 Å². The Kier molecular flexibility index (Phi) is 11.6. The lowest BCUT2D eigenvalue weighted by molar-refractivity contribution is -0.130. The number of benzene rings is 1. The van der Waals surface area contributed by atoms with Crippen molar-refractivity contribution in [3.8, 4) is 5.75 Å². The third-order valence-corrected chi connectivity index (χ3v) is 4.19. The predicted molar refractivity (Wildman–Crippen MR) is 104 cm³/mol. The van der Waals surface area contributed by atoms with Gasteiger partial charge < -0.3 is 20.3 Å². The number of nitrogens with one attached hydrogen (secondary N) is 2. The molecule has 1 amide bonds. The van der Waals surface area contributed by atoms with Crippen molar-refractivity contribution in [1.82, 2.24) is 10.2 Å². The number of hydrogen-bond donors (Lipinski definition) is 2. The van der Waals surface area contributed by atoms with Gasteiger partial charge in [0.25, 0.3) is 0 Å². The number of ether oxygens (including phenoxy) is 1. The molecule has 0 atom stereocenters. The van der Waals surface area contributed by atoms with Crippen LogP contribution in [0.15, 0.2) is 24.3 Å². The smallest absolute Gasteiger partial charge is 0.241 e. The largest absolute Gasteiger partial charge is 0.495 e. The summed E-state index contributed by atoms with van der Waals surface area (Å²) in [6.45, 7) is 6.26. The van der Waals surface area contributed by atoms with Crippen LogP contribution < -0.4 is 15.4 Å². The molecule has 1 saturated heterocycles. The van der Waals surface area contributed by atoms with E-state index >= 15 is 0 Å². The molecule has 1 heterocycles. The van der Waals surface area contributed by atoms with Gasteiger partial charge in [-0.15, -0.1) is 24.8 Å². The van der Waals surface area contributed by atoms with Gasteiger partial charge in [-0.25, -0.2) is 0 Å². The van der Waals surface area contributed by atoms with E-state index in [9.17, 15) is 4.79 Å². The molecule has 2 N–H and O–H groups in total. The number of carbonyl (C=O) groups is 1. The minimum absolute atomic E-state index is 0.